The number of ether oxygens (including phenoxy) is 1. The summed E-state index contributed by atoms with van der Waals surface area (Å²) in [5.74, 6) is -0.706. The third kappa shape index (κ3) is 3.94. The first kappa shape index (κ1) is 21.4. The SMILES string of the molecule is CCOC(=O)C1C(=O)N(CCc2ccccc2)c2nc3ccccc3n2C1C1CC=CCC1. The number of hydrogen-bond acceptors (Lipinski definition) is 4. The standard InChI is InChI=1S/C27H29N3O3/c1-2-33-26(32)23-24(20-13-7-4-8-14-20)30-22-16-10-9-15-21(22)28-27(30)29(25(23)31)18-17-19-11-5-3-6-12-19/h3-7,9-12,15-16,20,23-24H,2,8,13-14,17-18H2,1H3. The largest absolute Gasteiger partial charge is 0.465 e. The van der Waals surface area contributed by atoms with Crippen LogP contribution in [-0.2, 0) is 20.7 Å². The lowest BCUT2D eigenvalue weighted by atomic mass is 9.79. The molecular formula is C27H29N3O3. The molecule has 0 bridgehead atoms. The van der Waals surface area contributed by atoms with Crippen molar-refractivity contribution in [1.29, 1.82) is 0 Å². The first-order valence-electron chi connectivity index (χ1n) is 11.8. The van der Waals surface area contributed by atoms with Crippen molar-refractivity contribution < 1.29 is 14.3 Å². The fourth-order valence-electron chi connectivity index (χ4n) is 5.26. The predicted octanol–water partition coefficient (Wildman–Crippen LogP) is 4.70. The molecule has 1 aliphatic heterocycles. The summed E-state index contributed by atoms with van der Waals surface area (Å²) in [7, 11) is 0. The fourth-order valence-corrected chi connectivity index (χ4v) is 5.26. The Kier molecular flexibility index (Phi) is 5.99. The van der Waals surface area contributed by atoms with Crippen molar-refractivity contribution in [1.82, 2.24) is 9.55 Å². The number of para-hydroxylation sites is 2. The van der Waals surface area contributed by atoms with Crippen LogP contribution in [0.15, 0.2) is 66.7 Å². The molecule has 2 aromatic carbocycles. The van der Waals surface area contributed by atoms with Crippen molar-refractivity contribution >= 4 is 28.9 Å². The number of esters is 1. The monoisotopic (exact) mass is 443 g/mol. The van der Waals surface area contributed by atoms with E-state index in [1.165, 1.54) is 0 Å². The van der Waals surface area contributed by atoms with Gasteiger partial charge in [0.15, 0.2) is 5.92 Å². The van der Waals surface area contributed by atoms with Crippen LogP contribution in [0.4, 0.5) is 5.95 Å². The van der Waals surface area contributed by atoms with E-state index in [1.807, 2.05) is 42.5 Å². The maximum atomic E-state index is 13.9. The molecule has 1 aromatic heterocycles. The van der Waals surface area contributed by atoms with Gasteiger partial charge in [-0.3, -0.25) is 14.5 Å². The number of fused-ring (bicyclic) bond motifs is 3. The van der Waals surface area contributed by atoms with Gasteiger partial charge in [0.25, 0.3) is 0 Å². The van der Waals surface area contributed by atoms with Crippen LogP contribution in [0.5, 0.6) is 0 Å². The van der Waals surface area contributed by atoms with Gasteiger partial charge in [-0.15, -0.1) is 0 Å². The van der Waals surface area contributed by atoms with E-state index in [0.29, 0.717) is 18.9 Å². The summed E-state index contributed by atoms with van der Waals surface area (Å²) in [6, 6.07) is 17.7. The van der Waals surface area contributed by atoms with Gasteiger partial charge in [0, 0.05) is 6.54 Å². The molecule has 33 heavy (non-hydrogen) atoms. The lowest BCUT2D eigenvalue weighted by Crippen LogP contribution is -2.52. The average Bonchev–Trinajstić information content (AvgIpc) is 3.23. The molecule has 3 unspecified atom stereocenters. The zero-order chi connectivity index (χ0) is 22.8. The van der Waals surface area contributed by atoms with Crippen LogP contribution in [0.25, 0.3) is 11.0 Å². The number of hydrogen-bond donors (Lipinski definition) is 0. The highest BCUT2D eigenvalue weighted by Crippen LogP contribution is 2.44. The zero-order valence-electron chi connectivity index (χ0n) is 18.9. The van der Waals surface area contributed by atoms with Crippen molar-refractivity contribution in [2.75, 3.05) is 18.1 Å². The van der Waals surface area contributed by atoms with Crippen molar-refractivity contribution in [3.05, 3.63) is 72.3 Å². The van der Waals surface area contributed by atoms with Gasteiger partial charge in [-0.1, -0.05) is 54.6 Å². The van der Waals surface area contributed by atoms with E-state index in [1.54, 1.807) is 11.8 Å². The van der Waals surface area contributed by atoms with Crippen molar-refractivity contribution in [3.8, 4) is 0 Å². The van der Waals surface area contributed by atoms with Crippen LogP contribution >= 0.6 is 0 Å². The van der Waals surface area contributed by atoms with E-state index in [4.69, 9.17) is 9.72 Å². The molecule has 2 heterocycles. The summed E-state index contributed by atoms with van der Waals surface area (Å²) in [6.45, 7) is 2.50. The molecule has 0 fully saturated rings. The molecule has 6 heteroatoms. The van der Waals surface area contributed by atoms with Crippen LogP contribution in [0.1, 0.15) is 37.8 Å². The minimum atomic E-state index is -0.873. The number of imidazole rings is 1. The van der Waals surface area contributed by atoms with Crippen molar-refractivity contribution in [2.24, 2.45) is 11.8 Å². The highest BCUT2D eigenvalue weighted by atomic mass is 16.5. The molecule has 170 valence electrons. The third-order valence-electron chi connectivity index (χ3n) is 6.79. The molecule has 1 amide bonds. The van der Waals surface area contributed by atoms with E-state index >= 15 is 0 Å². The smallest absolute Gasteiger partial charge is 0.320 e. The number of anilines is 1. The van der Waals surface area contributed by atoms with E-state index in [2.05, 4.69) is 28.9 Å². The van der Waals surface area contributed by atoms with Crippen LogP contribution in [-0.4, -0.2) is 34.6 Å². The molecule has 3 aromatic rings. The maximum absolute atomic E-state index is 13.9. The minimum Gasteiger partial charge on any atom is -0.465 e. The van der Waals surface area contributed by atoms with Crippen LogP contribution in [0, 0.1) is 11.8 Å². The lowest BCUT2D eigenvalue weighted by Gasteiger charge is -2.41. The number of allylic oxidation sites excluding steroid dienone is 2. The highest BCUT2D eigenvalue weighted by Gasteiger charge is 2.49. The quantitative estimate of drug-likeness (QED) is 0.315. The van der Waals surface area contributed by atoms with Gasteiger partial charge in [0.05, 0.1) is 23.7 Å². The lowest BCUT2D eigenvalue weighted by molar-refractivity contribution is -0.155. The number of nitrogens with zero attached hydrogens (tertiary/aromatic N) is 3. The van der Waals surface area contributed by atoms with Gasteiger partial charge in [-0.2, -0.15) is 0 Å². The van der Waals surface area contributed by atoms with Gasteiger partial charge < -0.3 is 9.30 Å². The summed E-state index contributed by atoms with van der Waals surface area (Å²) in [5.41, 5.74) is 2.93. The Bertz CT molecular complexity index is 1180. The van der Waals surface area contributed by atoms with Crippen molar-refractivity contribution in [3.63, 3.8) is 0 Å². The Morgan fingerprint density at radius 3 is 2.64 bits per heavy atom. The summed E-state index contributed by atoms with van der Waals surface area (Å²) < 4.78 is 7.60. The fraction of sp³-hybridized carbons (Fsp3) is 0.370. The number of rotatable bonds is 6. The molecule has 0 saturated carbocycles. The summed E-state index contributed by atoms with van der Waals surface area (Å²) >= 11 is 0. The number of carbonyl (C=O) groups excluding carboxylic acids is 2. The van der Waals surface area contributed by atoms with Gasteiger partial charge in [0.2, 0.25) is 11.9 Å². The average molecular weight is 444 g/mol. The molecule has 0 N–H and O–H groups in total. The van der Waals surface area contributed by atoms with Gasteiger partial charge >= 0.3 is 5.97 Å². The molecule has 2 aliphatic rings. The highest BCUT2D eigenvalue weighted by molar-refractivity contribution is 6.08. The second-order valence-corrected chi connectivity index (χ2v) is 8.76. The zero-order valence-corrected chi connectivity index (χ0v) is 18.9. The van der Waals surface area contributed by atoms with Crippen LogP contribution < -0.4 is 4.90 Å². The van der Waals surface area contributed by atoms with Gasteiger partial charge in [-0.25, -0.2) is 4.98 Å². The van der Waals surface area contributed by atoms with Gasteiger partial charge in [-0.05, 0) is 56.2 Å². The predicted molar refractivity (Wildman–Crippen MR) is 128 cm³/mol. The second kappa shape index (κ2) is 9.22. The Balaban J connectivity index is 1.63. The Labute approximate surface area is 193 Å². The molecule has 1 aliphatic carbocycles. The summed E-state index contributed by atoms with van der Waals surface area (Å²) in [4.78, 5) is 33.7. The van der Waals surface area contributed by atoms with E-state index < -0.39 is 11.9 Å². The maximum Gasteiger partial charge on any atom is 0.320 e. The molecule has 0 saturated heterocycles. The Morgan fingerprint density at radius 2 is 1.88 bits per heavy atom. The topological polar surface area (TPSA) is 64.4 Å². The Hall–Kier alpha value is -3.41. The van der Waals surface area contributed by atoms with E-state index in [0.717, 1.165) is 35.9 Å². The summed E-state index contributed by atoms with van der Waals surface area (Å²) in [5, 5.41) is 0. The first-order valence-corrected chi connectivity index (χ1v) is 11.8. The first-order chi connectivity index (χ1) is 16.2. The molecular weight excluding hydrogens is 414 g/mol. The van der Waals surface area contributed by atoms with Crippen LogP contribution in [0.3, 0.4) is 0 Å². The number of aromatic nitrogens is 2. The number of amides is 1. The van der Waals surface area contributed by atoms with Gasteiger partial charge in [0.1, 0.15) is 0 Å². The Morgan fingerprint density at radius 1 is 1.09 bits per heavy atom. The minimum absolute atomic E-state index is 0.168. The number of benzene rings is 2. The molecule has 6 nitrogen and oxygen atoms in total. The summed E-state index contributed by atoms with van der Waals surface area (Å²) in [6.07, 6.45) is 7.75. The van der Waals surface area contributed by atoms with E-state index in [-0.39, 0.29) is 24.5 Å². The number of carbonyl (C=O) groups is 2. The molecule has 5 rings (SSSR count). The normalized spacial score (nSPS) is 22.4. The van der Waals surface area contributed by atoms with E-state index in [9.17, 15) is 9.59 Å². The molecule has 0 radical (unpaired) electrons. The second-order valence-electron chi connectivity index (χ2n) is 8.76. The van der Waals surface area contributed by atoms with Crippen molar-refractivity contribution in [2.45, 2.75) is 38.6 Å². The van der Waals surface area contributed by atoms with Crippen LogP contribution in [0.2, 0.25) is 0 Å². The molecule has 3 atom stereocenters. The molecule has 0 spiro atoms. The third-order valence-corrected chi connectivity index (χ3v) is 6.79.